The highest BCUT2D eigenvalue weighted by Gasteiger charge is 2.52. The van der Waals surface area contributed by atoms with Crippen LogP contribution in [0.4, 0.5) is 5.69 Å². The largest absolute Gasteiger partial charge is 0.497 e. The summed E-state index contributed by atoms with van der Waals surface area (Å²) in [6, 6.07) is 13.9. The number of β-lactam (4-membered cyclic amide) rings is 1. The fourth-order valence-electron chi connectivity index (χ4n) is 3.27. The van der Waals surface area contributed by atoms with Gasteiger partial charge in [0.2, 0.25) is 6.10 Å². The van der Waals surface area contributed by atoms with Crippen LogP contribution in [0.1, 0.15) is 30.0 Å². The third kappa shape index (κ3) is 3.77. The molecule has 0 spiro atoms. The predicted octanol–water partition coefficient (Wildman–Crippen LogP) is 3.15. The maximum absolute atomic E-state index is 12.9. The number of methoxy groups -OCH3 is 1. The molecule has 1 heterocycles. The molecule has 2 atom stereocenters. The summed E-state index contributed by atoms with van der Waals surface area (Å²) in [6.45, 7) is 3.40. The summed E-state index contributed by atoms with van der Waals surface area (Å²) in [7, 11) is 1.58. The van der Waals surface area contributed by atoms with Gasteiger partial charge in [-0.1, -0.05) is 36.4 Å². The Morgan fingerprint density at radius 1 is 1.21 bits per heavy atom. The maximum Gasteiger partial charge on any atom is 0.306 e. The molecule has 6 heteroatoms. The number of anilines is 1. The summed E-state index contributed by atoms with van der Waals surface area (Å²) in [5, 5.41) is 9.66. The number of rotatable bonds is 8. The van der Waals surface area contributed by atoms with E-state index in [2.05, 4.69) is 6.58 Å². The minimum Gasteiger partial charge on any atom is -0.497 e. The van der Waals surface area contributed by atoms with Crippen LogP contribution in [0.25, 0.3) is 0 Å². The molecule has 0 unspecified atom stereocenters. The molecule has 0 aromatic heterocycles. The molecule has 0 bridgehead atoms. The number of nitrogens with zero attached hydrogens (tertiary/aromatic N) is 1. The van der Waals surface area contributed by atoms with Gasteiger partial charge in [0, 0.05) is 12.0 Å². The number of ether oxygens (including phenoxy) is 2. The van der Waals surface area contributed by atoms with Crippen molar-refractivity contribution < 1.29 is 24.2 Å². The normalized spacial score (nSPS) is 18.4. The van der Waals surface area contributed by atoms with E-state index < -0.39 is 18.1 Å². The SMILES string of the molecule is C=CCCC(=O)O[C@@H]1C(=O)N(c2ccccc2CO)[C@H]1c1ccc(OC)cc1. The van der Waals surface area contributed by atoms with E-state index in [0.29, 0.717) is 23.4 Å². The highest BCUT2D eigenvalue weighted by atomic mass is 16.6. The third-order valence-electron chi connectivity index (χ3n) is 4.74. The van der Waals surface area contributed by atoms with Crippen LogP contribution in [0.15, 0.2) is 61.2 Å². The molecule has 1 amide bonds. The van der Waals surface area contributed by atoms with Crippen molar-refractivity contribution in [3.8, 4) is 5.75 Å². The molecule has 146 valence electrons. The molecular formula is C22H23NO5. The molecule has 2 aromatic rings. The van der Waals surface area contributed by atoms with Crippen LogP contribution >= 0.6 is 0 Å². The Balaban J connectivity index is 1.93. The zero-order chi connectivity index (χ0) is 20.1. The third-order valence-corrected chi connectivity index (χ3v) is 4.74. The van der Waals surface area contributed by atoms with Crippen LogP contribution in [0.5, 0.6) is 5.75 Å². The number of aliphatic hydroxyl groups excluding tert-OH is 1. The second-order valence-electron chi connectivity index (χ2n) is 6.45. The highest BCUT2D eigenvalue weighted by Crippen LogP contribution is 2.42. The van der Waals surface area contributed by atoms with Crippen molar-refractivity contribution in [2.45, 2.75) is 31.6 Å². The first-order valence-corrected chi connectivity index (χ1v) is 9.07. The summed E-state index contributed by atoms with van der Waals surface area (Å²) in [5.41, 5.74) is 2.05. The van der Waals surface area contributed by atoms with Crippen molar-refractivity contribution >= 4 is 17.6 Å². The number of carbonyl (C=O) groups excluding carboxylic acids is 2. The highest BCUT2D eigenvalue weighted by molar-refractivity contribution is 6.06. The Labute approximate surface area is 164 Å². The lowest BCUT2D eigenvalue weighted by molar-refractivity contribution is -0.162. The van der Waals surface area contributed by atoms with Gasteiger partial charge in [0.05, 0.1) is 19.4 Å². The van der Waals surface area contributed by atoms with Crippen LogP contribution in [-0.4, -0.2) is 30.2 Å². The second-order valence-corrected chi connectivity index (χ2v) is 6.45. The monoisotopic (exact) mass is 381 g/mol. The molecule has 1 fully saturated rings. The summed E-state index contributed by atoms with van der Waals surface area (Å²) < 4.78 is 10.7. The van der Waals surface area contributed by atoms with Crippen LogP contribution in [0.2, 0.25) is 0 Å². The van der Waals surface area contributed by atoms with E-state index in [9.17, 15) is 14.7 Å². The molecule has 0 saturated carbocycles. The van der Waals surface area contributed by atoms with Crippen molar-refractivity contribution in [3.63, 3.8) is 0 Å². The fourth-order valence-corrected chi connectivity index (χ4v) is 3.27. The lowest BCUT2D eigenvalue weighted by Gasteiger charge is -2.46. The number of benzene rings is 2. The number of amides is 1. The van der Waals surface area contributed by atoms with Gasteiger partial charge in [-0.2, -0.15) is 0 Å². The zero-order valence-electron chi connectivity index (χ0n) is 15.7. The van der Waals surface area contributed by atoms with E-state index in [1.165, 1.54) is 0 Å². The molecule has 0 aliphatic carbocycles. The van der Waals surface area contributed by atoms with Crippen molar-refractivity contribution in [2.24, 2.45) is 0 Å². The van der Waals surface area contributed by atoms with Gasteiger partial charge in [-0.15, -0.1) is 6.58 Å². The molecule has 6 nitrogen and oxygen atoms in total. The van der Waals surface area contributed by atoms with Crippen molar-refractivity contribution in [3.05, 3.63) is 72.3 Å². The van der Waals surface area contributed by atoms with Crippen molar-refractivity contribution in [1.82, 2.24) is 0 Å². The average molecular weight is 381 g/mol. The molecule has 28 heavy (non-hydrogen) atoms. The van der Waals surface area contributed by atoms with Gasteiger partial charge in [0.15, 0.2) is 0 Å². The molecule has 1 N–H and O–H groups in total. The van der Waals surface area contributed by atoms with Gasteiger partial charge in [-0.25, -0.2) is 0 Å². The van der Waals surface area contributed by atoms with Crippen molar-refractivity contribution in [1.29, 1.82) is 0 Å². The molecule has 1 saturated heterocycles. The number of para-hydroxylation sites is 1. The molecule has 3 rings (SSSR count). The van der Waals surface area contributed by atoms with Gasteiger partial charge in [-0.05, 0) is 30.2 Å². The molecular weight excluding hydrogens is 358 g/mol. The number of allylic oxidation sites excluding steroid dienone is 1. The first-order valence-electron chi connectivity index (χ1n) is 9.07. The first-order chi connectivity index (χ1) is 13.6. The number of hydrogen-bond acceptors (Lipinski definition) is 5. The Kier molecular flexibility index (Phi) is 6.11. The lowest BCUT2D eigenvalue weighted by atomic mass is 9.89. The van der Waals surface area contributed by atoms with Gasteiger partial charge >= 0.3 is 5.97 Å². The van der Waals surface area contributed by atoms with E-state index in [1.807, 2.05) is 12.1 Å². The Morgan fingerprint density at radius 3 is 2.57 bits per heavy atom. The Morgan fingerprint density at radius 2 is 1.93 bits per heavy atom. The van der Waals surface area contributed by atoms with E-state index in [-0.39, 0.29) is 18.9 Å². The number of aliphatic hydroxyl groups is 1. The fraction of sp³-hybridized carbons (Fsp3) is 0.273. The number of esters is 1. The van der Waals surface area contributed by atoms with Crippen LogP contribution in [0, 0.1) is 0 Å². The van der Waals surface area contributed by atoms with Gasteiger partial charge < -0.3 is 14.6 Å². The topological polar surface area (TPSA) is 76.1 Å². The minimum atomic E-state index is -0.905. The first kappa shape index (κ1) is 19.6. The maximum atomic E-state index is 12.9. The molecule has 1 aliphatic rings. The second kappa shape index (κ2) is 8.71. The summed E-state index contributed by atoms with van der Waals surface area (Å²) >= 11 is 0. The summed E-state index contributed by atoms with van der Waals surface area (Å²) in [5.74, 6) is -0.0586. The van der Waals surface area contributed by atoms with E-state index in [0.717, 1.165) is 5.56 Å². The van der Waals surface area contributed by atoms with Crippen LogP contribution < -0.4 is 9.64 Å². The van der Waals surface area contributed by atoms with E-state index in [4.69, 9.17) is 9.47 Å². The van der Waals surface area contributed by atoms with Gasteiger partial charge in [0.1, 0.15) is 11.8 Å². The number of hydrogen-bond donors (Lipinski definition) is 1. The molecule has 0 radical (unpaired) electrons. The van der Waals surface area contributed by atoms with Crippen molar-refractivity contribution in [2.75, 3.05) is 12.0 Å². The van der Waals surface area contributed by atoms with E-state index >= 15 is 0 Å². The Hall–Kier alpha value is -3.12. The smallest absolute Gasteiger partial charge is 0.306 e. The Bertz CT molecular complexity index is 861. The van der Waals surface area contributed by atoms with Crippen LogP contribution in [-0.2, 0) is 20.9 Å². The standard InChI is InChI=1S/C22H23NO5/c1-3-4-9-19(25)28-21-20(15-10-12-17(27-2)13-11-15)23(22(21)26)18-8-6-5-7-16(18)14-24/h3,5-8,10-13,20-21,24H,1,4,9,14H2,2H3/t20-,21-/m0/s1. The quantitative estimate of drug-likeness (QED) is 0.432. The number of carbonyl (C=O) groups is 2. The van der Waals surface area contributed by atoms with Gasteiger partial charge in [0.25, 0.3) is 5.91 Å². The van der Waals surface area contributed by atoms with E-state index in [1.54, 1.807) is 54.5 Å². The summed E-state index contributed by atoms with van der Waals surface area (Å²) in [4.78, 5) is 26.5. The lowest BCUT2D eigenvalue weighted by Crippen LogP contribution is -2.61. The van der Waals surface area contributed by atoms with Crippen LogP contribution in [0.3, 0.4) is 0 Å². The minimum absolute atomic E-state index is 0.176. The zero-order valence-corrected chi connectivity index (χ0v) is 15.7. The van der Waals surface area contributed by atoms with Gasteiger partial charge in [-0.3, -0.25) is 14.5 Å². The summed E-state index contributed by atoms with van der Waals surface area (Å²) in [6.07, 6.45) is 1.39. The molecule has 1 aliphatic heterocycles. The molecule has 2 aromatic carbocycles. The predicted molar refractivity (Wildman–Crippen MR) is 105 cm³/mol. The average Bonchev–Trinajstić information content (AvgIpc) is 2.74.